The molecule has 1 saturated heterocycles. The van der Waals surface area contributed by atoms with Gasteiger partial charge in [0.15, 0.2) is 23.9 Å². The van der Waals surface area contributed by atoms with Crippen LogP contribution in [0.15, 0.2) is 28.9 Å². The molecule has 2 aromatic rings. The Morgan fingerprint density at radius 1 is 1.44 bits per heavy atom. The van der Waals surface area contributed by atoms with Gasteiger partial charge in [-0.25, -0.2) is 9.37 Å². The molecule has 1 aliphatic heterocycles. The number of carbonyl (C=O) groups excluding carboxylic acids is 1. The summed E-state index contributed by atoms with van der Waals surface area (Å²) in [6.07, 6.45) is 2.16. The second-order valence-corrected chi connectivity index (χ2v) is 6.12. The van der Waals surface area contributed by atoms with Crippen LogP contribution >= 0.6 is 0 Å². The zero-order chi connectivity index (χ0) is 18.0. The van der Waals surface area contributed by atoms with Crippen LogP contribution in [0, 0.1) is 11.6 Å². The van der Waals surface area contributed by atoms with Crippen LogP contribution in [-0.4, -0.2) is 53.9 Å². The molecule has 0 spiro atoms. The number of carbonyl (C=O) groups is 1. The van der Waals surface area contributed by atoms with Gasteiger partial charge in [0.1, 0.15) is 6.26 Å². The standard InChI is InChI=1S/C17H19F2N3O3/c1-21(2)11-6-7-22(8-11)17(23)13-9-25-15(20-13)10-24-14-5-3-4-12(18)16(14)19/h3-5,9,11H,6-8,10H2,1-2H3/t11-/m1/s1. The highest BCUT2D eigenvalue weighted by molar-refractivity contribution is 5.92. The third-order valence-corrected chi connectivity index (χ3v) is 4.22. The average molecular weight is 351 g/mol. The van der Waals surface area contributed by atoms with E-state index in [0.29, 0.717) is 19.1 Å². The topological polar surface area (TPSA) is 58.8 Å². The van der Waals surface area contributed by atoms with Crippen molar-refractivity contribution in [1.29, 1.82) is 0 Å². The molecule has 2 heterocycles. The molecule has 8 heteroatoms. The number of hydrogen-bond acceptors (Lipinski definition) is 5. The molecule has 1 fully saturated rings. The highest BCUT2D eigenvalue weighted by Crippen LogP contribution is 2.21. The Morgan fingerprint density at radius 2 is 2.24 bits per heavy atom. The maximum atomic E-state index is 13.5. The van der Waals surface area contributed by atoms with E-state index in [9.17, 15) is 13.6 Å². The van der Waals surface area contributed by atoms with Crippen LogP contribution in [0.4, 0.5) is 8.78 Å². The van der Waals surface area contributed by atoms with E-state index in [-0.39, 0.29) is 29.8 Å². The molecular weight excluding hydrogens is 332 g/mol. The summed E-state index contributed by atoms with van der Waals surface area (Å²) in [5, 5.41) is 0. The number of benzene rings is 1. The van der Waals surface area contributed by atoms with E-state index in [1.807, 2.05) is 14.1 Å². The van der Waals surface area contributed by atoms with E-state index in [1.165, 1.54) is 18.4 Å². The van der Waals surface area contributed by atoms with Gasteiger partial charge in [0.2, 0.25) is 11.7 Å². The van der Waals surface area contributed by atoms with Gasteiger partial charge >= 0.3 is 0 Å². The summed E-state index contributed by atoms with van der Waals surface area (Å²) in [7, 11) is 3.96. The minimum absolute atomic E-state index is 0.121. The third kappa shape index (κ3) is 3.79. The van der Waals surface area contributed by atoms with Crippen molar-refractivity contribution in [3.8, 4) is 5.75 Å². The number of likely N-dealkylation sites (N-methyl/N-ethyl adjacent to an activating group) is 1. The minimum Gasteiger partial charge on any atom is -0.481 e. The van der Waals surface area contributed by atoms with Crippen LogP contribution in [0.1, 0.15) is 22.8 Å². The molecule has 0 bridgehead atoms. The van der Waals surface area contributed by atoms with Crippen LogP contribution in [-0.2, 0) is 6.61 Å². The molecule has 0 saturated carbocycles. The van der Waals surface area contributed by atoms with Crippen LogP contribution in [0.5, 0.6) is 5.75 Å². The number of amides is 1. The van der Waals surface area contributed by atoms with Crippen molar-refractivity contribution in [2.45, 2.75) is 19.1 Å². The van der Waals surface area contributed by atoms with E-state index in [4.69, 9.17) is 9.15 Å². The lowest BCUT2D eigenvalue weighted by Crippen LogP contribution is -2.34. The molecule has 0 N–H and O–H groups in total. The molecule has 6 nitrogen and oxygen atoms in total. The molecule has 1 amide bonds. The number of halogens is 2. The molecule has 0 unspecified atom stereocenters. The Morgan fingerprint density at radius 3 is 2.96 bits per heavy atom. The molecule has 3 rings (SSSR count). The van der Waals surface area contributed by atoms with Crippen molar-refractivity contribution >= 4 is 5.91 Å². The van der Waals surface area contributed by atoms with Crippen molar-refractivity contribution in [3.05, 3.63) is 47.7 Å². The quantitative estimate of drug-likeness (QED) is 0.827. The van der Waals surface area contributed by atoms with Gasteiger partial charge in [0.25, 0.3) is 5.91 Å². The molecule has 1 aliphatic rings. The fourth-order valence-electron chi connectivity index (χ4n) is 2.72. The predicted octanol–water partition coefficient (Wildman–Crippen LogP) is 2.31. The van der Waals surface area contributed by atoms with Gasteiger partial charge in [-0.15, -0.1) is 0 Å². The zero-order valence-electron chi connectivity index (χ0n) is 14.0. The first-order valence-corrected chi connectivity index (χ1v) is 7.92. The Balaban J connectivity index is 1.61. The van der Waals surface area contributed by atoms with Crippen molar-refractivity contribution < 1.29 is 22.7 Å². The van der Waals surface area contributed by atoms with Gasteiger partial charge in [0.05, 0.1) is 0 Å². The summed E-state index contributed by atoms with van der Waals surface area (Å²) in [6.45, 7) is 1.10. The molecular formula is C17H19F2N3O3. The first-order valence-electron chi connectivity index (χ1n) is 7.92. The SMILES string of the molecule is CN(C)[C@@H]1CCN(C(=O)c2coc(COc3cccc(F)c3F)n2)C1. The maximum absolute atomic E-state index is 13.5. The molecule has 25 heavy (non-hydrogen) atoms. The highest BCUT2D eigenvalue weighted by atomic mass is 19.2. The van der Waals surface area contributed by atoms with E-state index in [1.54, 1.807) is 4.90 Å². The molecule has 1 atom stereocenters. The van der Waals surface area contributed by atoms with Crippen LogP contribution in [0.3, 0.4) is 0 Å². The lowest BCUT2D eigenvalue weighted by molar-refractivity contribution is 0.0777. The first kappa shape index (κ1) is 17.3. The van der Waals surface area contributed by atoms with Crippen LogP contribution in [0.25, 0.3) is 0 Å². The van der Waals surface area contributed by atoms with Crippen molar-refractivity contribution in [1.82, 2.24) is 14.8 Å². The van der Waals surface area contributed by atoms with Gasteiger partial charge in [-0.1, -0.05) is 6.07 Å². The smallest absolute Gasteiger partial charge is 0.275 e. The van der Waals surface area contributed by atoms with E-state index < -0.39 is 11.6 Å². The Bertz CT molecular complexity index is 763. The number of oxazole rings is 1. The molecule has 0 radical (unpaired) electrons. The normalized spacial score (nSPS) is 17.3. The average Bonchev–Trinajstić information content (AvgIpc) is 3.25. The number of rotatable bonds is 5. The summed E-state index contributed by atoms with van der Waals surface area (Å²) in [5.74, 6) is -2.39. The van der Waals surface area contributed by atoms with Gasteiger partial charge in [0, 0.05) is 19.1 Å². The van der Waals surface area contributed by atoms with Crippen LogP contribution < -0.4 is 4.74 Å². The largest absolute Gasteiger partial charge is 0.481 e. The lowest BCUT2D eigenvalue weighted by atomic mass is 10.2. The summed E-state index contributed by atoms with van der Waals surface area (Å²) in [5.41, 5.74) is 0.178. The Hall–Kier alpha value is -2.48. The summed E-state index contributed by atoms with van der Waals surface area (Å²) in [4.78, 5) is 20.3. The molecule has 0 aliphatic carbocycles. The number of ether oxygens (including phenoxy) is 1. The van der Waals surface area contributed by atoms with E-state index in [0.717, 1.165) is 12.5 Å². The van der Waals surface area contributed by atoms with Gasteiger partial charge in [-0.2, -0.15) is 4.39 Å². The van der Waals surface area contributed by atoms with Gasteiger partial charge in [-0.05, 0) is 32.6 Å². The highest BCUT2D eigenvalue weighted by Gasteiger charge is 2.29. The monoisotopic (exact) mass is 351 g/mol. The molecule has 1 aromatic heterocycles. The Labute approximate surface area is 144 Å². The maximum Gasteiger partial charge on any atom is 0.275 e. The second-order valence-electron chi connectivity index (χ2n) is 6.12. The number of likely N-dealkylation sites (tertiary alicyclic amines) is 1. The van der Waals surface area contributed by atoms with Crippen molar-refractivity contribution in [2.75, 3.05) is 27.2 Å². The van der Waals surface area contributed by atoms with Crippen molar-refractivity contribution in [2.24, 2.45) is 0 Å². The number of hydrogen-bond donors (Lipinski definition) is 0. The lowest BCUT2D eigenvalue weighted by Gasteiger charge is -2.19. The molecule has 134 valence electrons. The summed E-state index contributed by atoms with van der Waals surface area (Å²) < 4.78 is 37.0. The predicted molar refractivity (Wildman–Crippen MR) is 85.2 cm³/mol. The zero-order valence-corrected chi connectivity index (χ0v) is 14.0. The number of aromatic nitrogens is 1. The van der Waals surface area contributed by atoms with Gasteiger partial charge < -0.3 is 19.0 Å². The Kier molecular flexibility index (Phi) is 4.98. The first-order chi connectivity index (χ1) is 12.0. The van der Waals surface area contributed by atoms with Gasteiger partial charge in [-0.3, -0.25) is 4.79 Å². The van der Waals surface area contributed by atoms with E-state index in [2.05, 4.69) is 9.88 Å². The third-order valence-electron chi connectivity index (χ3n) is 4.22. The number of nitrogens with zero attached hydrogens (tertiary/aromatic N) is 3. The second kappa shape index (κ2) is 7.18. The fourth-order valence-corrected chi connectivity index (χ4v) is 2.72. The summed E-state index contributed by atoms with van der Waals surface area (Å²) >= 11 is 0. The minimum atomic E-state index is -1.07. The molecule has 1 aromatic carbocycles. The fraction of sp³-hybridized carbons (Fsp3) is 0.412. The van der Waals surface area contributed by atoms with Crippen LogP contribution in [0.2, 0.25) is 0 Å². The summed E-state index contributed by atoms with van der Waals surface area (Å²) in [6, 6.07) is 3.97. The van der Waals surface area contributed by atoms with Crippen molar-refractivity contribution in [3.63, 3.8) is 0 Å². The van der Waals surface area contributed by atoms with E-state index >= 15 is 0 Å².